The van der Waals surface area contributed by atoms with Crippen molar-refractivity contribution in [2.75, 3.05) is 20.0 Å². The minimum absolute atomic E-state index is 0.250. The van der Waals surface area contributed by atoms with Crippen molar-refractivity contribution in [3.8, 4) is 0 Å². The first-order chi connectivity index (χ1) is 14.3. The molecule has 0 amide bonds. The highest BCUT2D eigenvalue weighted by molar-refractivity contribution is 5.55. The maximum absolute atomic E-state index is 8.81. The molecule has 0 radical (unpaired) electrons. The van der Waals surface area contributed by atoms with Crippen LogP contribution >= 0.6 is 0 Å². The summed E-state index contributed by atoms with van der Waals surface area (Å²) in [6.07, 6.45) is 8.92. The largest absolute Gasteiger partial charge is 0.319 e. The first-order valence-corrected chi connectivity index (χ1v) is 8.75. The van der Waals surface area contributed by atoms with Gasteiger partial charge in [0, 0.05) is 6.67 Å². The van der Waals surface area contributed by atoms with E-state index in [1.165, 1.54) is 34.6 Å². The second-order valence-corrected chi connectivity index (χ2v) is 3.06. The van der Waals surface area contributed by atoms with Crippen molar-refractivity contribution < 1.29 is 24.0 Å². The number of rotatable bonds is 3. The molecule has 0 heterocycles. The Labute approximate surface area is 182 Å². The number of aldehydes is 5. The van der Waals surface area contributed by atoms with Gasteiger partial charge < -0.3 is 41.2 Å². The maximum atomic E-state index is 8.81. The van der Waals surface area contributed by atoms with Gasteiger partial charge in [0.25, 0.3) is 0 Å². The van der Waals surface area contributed by atoms with E-state index < -0.39 is 0 Å². The highest BCUT2D eigenvalue weighted by atomic mass is 16.1. The van der Waals surface area contributed by atoms with E-state index in [0.29, 0.717) is 13.3 Å². The van der Waals surface area contributed by atoms with Gasteiger partial charge in [-0.2, -0.15) is 0 Å². The minimum atomic E-state index is 0.250. The number of nitrogens with zero attached hydrogens (tertiary/aromatic N) is 3. The summed E-state index contributed by atoms with van der Waals surface area (Å²) >= 11 is 0. The second kappa shape index (κ2) is 132. The molecule has 0 rings (SSSR count). The molecule has 0 saturated heterocycles. The lowest BCUT2D eigenvalue weighted by Crippen LogP contribution is -2.08. The molecule has 0 unspecified atom stereocenters. The quantitative estimate of drug-likeness (QED) is 0.330. The first kappa shape index (κ1) is 50.7. The van der Waals surface area contributed by atoms with Crippen LogP contribution in [0.15, 0.2) is 15.0 Å². The summed E-state index contributed by atoms with van der Waals surface area (Å²) in [5, 5.41) is 0. The summed E-state index contributed by atoms with van der Waals surface area (Å²) < 4.78 is 0. The Morgan fingerprint density at radius 2 is 0.667 bits per heavy atom. The third kappa shape index (κ3) is 1410. The lowest BCUT2D eigenvalue weighted by molar-refractivity contribution is -0.106. The molecule has 6 N–H and O–H groups in total. The average molecular weight is 437 g/mol. The normalized spacial score (nSPS) is 7.17. The third-order valence-corrected chi connectivity index (χ3v) is 0.816. The molecule has 180 valence electrons. The van der Waals surface area contributed by atoms with E-state index in [1.807, 2.05) is 20.8 Å². The van der Waals surface area contributed by atoms with Gasteiger partial charge in [-0.1, -0.05) is 0 Å². The number of hydrogen-bond donors (Lipinski definition) is 3. The van der Waals surface area contributed by atoms with Gasteiger partial charge in [0.1, 0.15) is 38.1 Å². The van der Waals surface area contributed by atoms with Crippen molar-refractivity contribution in [2.24, 2.45) is 32.2 Å². The van der Waals surface area contributed by atoms with Gasteiger partial charge in [-0.25, -0.2) is 0 Å². The summed E-state index contributed by atoms with van der Waals surface area (Å²) in [6.45, 7) is 14.1. The third-order valence-electron chi connectivity index (χ3n) is 0.816. The molecule has 0 atom stereocenters. The fraction of sp³-hybridized carbons (Fsp3) is 0.579. The molecule has 0 aliphatic carbocycles. The van der Waals surface area contributed by atoms with E-state index in [0.717, 1.165) is 31.4 Å². The monoisotopic (exact) mass is 436 g/mol. The van der Waals surface area contributed by atoms with Gasteiger partial charge in [-0.3, -0.25) is 15.0 Å². The summed E-state index contributed by atoms with van der Waals surface area (Å²) in [4.78, 5) is 55.3. The Hall–Kier alpha value is -2.76. The molecule has 0 aliphatic rings. The fourth-order valence-electron chi connectivity index (χ4n) is 0.316. The Balaban J connectivity index is -0.0000000317. The zero-order valence-corrected chi connectivity index (χ0v) is 19.9. The molecule has 0 aromatic heterocycles. The Morgan fingerprint density at radius 1 is 0.500 bits per heavy atom. The van der Waals surface area contributed by atoms with Crippen molar-refractivity contribution in [1.82, 2.24) is 0 Å². The number of carbonyl (C=O) groups is 5. The smallest absolute Gasteiger partial charge is 0.128 e. The maximum Gasteiger partial charge on any atom is 0.128 e. The zero-order chi connectivity index (χ0) is 25.9. The van der Waals surface area contributed by atoms with Crippen LogP contribution in [0.1, 0.15) is 55.4 Å². The van der Waals surface area contributed by atoms with Crippen LogP contribution in [0.2, 0.25) is 0 Å². The number of hydrogen-bond acceptors (Lipinski definition) is 11. The molecular formula is C19H44N6O5. The topological polar surface area (TPSA) is 200 Å². The van der Waals surface area contributed by atoms with Crippen LogP contribution in [-0.2, 0) is 24.0 Å². The lowest BCUT2D eigenvalue weighted by Gasteiger charge is -1.76. The molecule has 0 aliphatic heterocycles. The SMILES string of the molecule is CC=NCN.CC=NCN=CC.CC=O.CC=O.CC=O.CC=O.CC=O.NCN. The van der Waals surface area contributed by atoms with E-state index in [9.17, 15) is 0 Å². The molecule has 0 saturated carbocycles. The van der Waals surface area contributed by atoms with Crippen LogP contribution in [0, 0.1) is 0 Å². The predicted molar refractivity (Wildman–Crippen MR) is 128 cm³/mol. The summed E-state index contributed by atoms with van der Waals surface area (Å²) in [5.41, 5.74) is 14.2. The molecule has 11 nitrogen and oxygen atoms in total. The zero-order valence-electron chi connectivity index (χ0n) is 19.9. The number of aliphatic imine (C=N–C) groups is 3. The van der Waals surface area contributed by atoms with Crippen molar-refractivity contribution >= 4 is 50.1 Å². The molecular weight excluding hydrogens is 392 g/mol. The molecule has 0 fully saturated rings. The summed E-state index contributed by atoms with van der Waals surface area (Å²) in [5.74, 6) is 0. The molecule has 0 spiro atoms. The molecule has 0 aromatic carbocycles. The Morgan fingerprint density at radius 3 is 0.733 bits per heavy atom. The molecule has 30 heavy (non-hydrogen) atoms. The summed E-state index contributed by atoms with van der Waals surface area (Å²) in [7, 11) is 0. The first-order valence-electron chi connectivity index (χ1n) is 8.75. The van der Waals surface area contributed by atoms with E-state index >= 15 is 0 Å². The predicted octanol–water partition coefficient (Wildman–Crippen LogP) is 1.01. The van der Waals surface area contributed by atoms with Gasteiger partial charge in [0.15, 0.2) is 0 Å². The van der Waals surface area contributed by atoms with Gasteiger partial charge in [-0.15, -0.1) is 0 Å². The van der Waals surface area contributed by atoms with Gasteiger partial charge in [0.2, 0.25) is 0 Å². The lowest BCUT2D eigenvalue weighted by atomic mass is 10.8. The van der Waals surface area contributed by atoms with Crippen molar-refractivity contribution in [1.29, 1.82) is 0 Å². The van der Waals surface area contributed by atoms with Gasteiger partial charge >= 0.3 is 0 Å². The standard InChI is InChI=1S/C5H10N2.C3H8N2.5C2H4O.CH6N2/c1-3-6-5-7-4-2;1-2-5-3-4;5*1-2-3;2-1-3/h3-4H,5H2,1-2H3;2H,3-4H2,1H3;5*2H,1H3;1-3H2. The van der Waals surface area contributed by atoms with Crippen LogP contribution in [-0.4, -0.2) is 70.1 Å². The van der Waals surface area contributed by atoms with E-state index in [4.69, 9.17) is 29.7 Å². The Bertz CT molecular complexity index is 305. The molecule has 11 heteroatoms. The van der Waals surface area contributed by atoms with Crippen LogP contribution in [0.25, 0.3) is 0 Å². The second-order valence-electron chi connectivity index (χ2n) is 3.06. The fourth-order valence-corrected chi connectivity index (χ4v) is 0.316. The van der Waals surface area contributed by atoms with Crippen LogP contribution in [0.5, 0.6) is 0 Å². The highest BCUT2D eigenvalue weighted by Gasteiger charge is 1.60. The number of carbonyl (C=O) groups excluding carboxylic acids is 5. The van der Waals surface area contributed by atoms with Crippen molar-refractivity contribution in [3.05, 3.63) is 0 Å². The van der Waals surface area contributed by atoms with Crippen molar-refractivity contribution in [2.45, 2.75) is 55.4 Å². The van der Waals surface area contributed by atoms with Crippen LogP contribution < -0.4 is 17.2 Å². The Kier molecular flexibility index (Phi) is 223. The van der Waals surface area contributed by atoms with Gasteiger partial charge in [-0.05, 0) is 74.0 Å². The number of nitrogens with two attached hydrogens (primary N) is 3. The van der Waals surface area contributed by atoms with E-state index in [-0.39, 0.29) is 6.67 Å². The average Bonchev–Trinajstić information content (AvgIpc) is 2.67. The summed E-state index contributed by atoms with van der Waals surface area (Å²) in [6, 6.07) is 0. The van der Waals surface area contributed by atoms with Crippen LogP contribution in [0.4, 0.5) is 0 Å². The van der Waals surface area contributed by atoms with Crippen LogP contribution in [0.3, 0.4) is 0 Å². The van der Waals surface area contributed by atoms with Gasteiger partial charge in [0.05, 0.1) is 6.67 Å². The van der Waals surface area contributed by atoms with E-state index in [2.05, 4.69) is 26.4 Å². The highest BCUT2D eigenvalue weighted by Crippen LogP contribution is 1.66. The van der Waals surface area contributed by atoms with E-state index in [1.54, 1.807) is 18.6 Å². The minimum Gasteiger partial charge on any atom is -0.319 e. The molecule has 0 bridgehead atoms. The molecule has 0 aromatic rings. The van der Waals surface area contributed by atoms with Crippen molar-refractivity contribution in [3.63, 3.8) is 0 Å².